The van der Waals surface area contributed by atoms with E-state index >= 15 is 0 Å². The molecule has 0 bridgehead atoms. The maximum atomic E-state index is 13.3. The first kappa shape index (κ1) is 25.9. The number of rotatable bonds is 9. The van der Waals surface area contributed by atoms with Gasteiger partial charge in [-0.05, 0) is 57.7 Å². The molecule has 8 heteroatoms. The average Bonchev–Trinajstić information content (AvgIpc) is 2.87. The van der Waals surface area contributed by atoms with Crippen LogP contribution >= 0.6 is 15.9 Å². The summed E-state index contributed by atoms with van der Waals surface area (Å²) in [6.07, 6.45) is 0.405. The van der Waals surface area contributed by atoms with Crippen LogP contribution in [-0.4, -0.2) is 35.5 Å². The third-order valence-corrected chi connectivity index (χ3v) is 5.80. The highest BCUT2D eigenvalue weighted by Crippen LogP contribution is 2.28. The van der Waals surface area contributed by atoms with Crippen molar-refractivity contribution in [3.63, 3.8) is 0 Å². The SMILES string of the molecule is CC(=O)Oc1cccc(/C(Br)=C(/NC(=O)c2ccccc2)C(=O)N[C@H](CO)Cc2ccccc2)c1. The minimum absolute atomic E-state index is 0.0506. The molecule has 0 aliphatic carbocycles. The van der Waals surface area contributed by atoms with Gasteiger partial charge in [0.25, 0.3) is 11.8 Å². The Morgan fingerprint density at radius 1 is 0.914 bits per heavy atom. The molecule has 3 aromatic carbocycles. The van der Waals surface area contributed by atoms with Crippen LogP contribution in [0.4, 0.5) is 0 Å². The average molecular weight is 537 g/mol. The Morgan fingerprint density at radius 2 is 1.54 bits per heavy atom. The van der Waals surface area contributed by atoms with Crippen molar-refractivity contribution in [1.29, 1.82) is 0 Å². The van der Waals surface area contributed by atoms with Crippen LogP contribution in [0.5, 0.6) is 5.75 Å². The molecule has 0 heterocycles. The zero-order chi connectivity index (χ0) is 25.2. The lowest BCUT2D eigenvalue weighted by molar-refractivity contribution is -0.131. The van der Waals surface area contributed by atoms with Crippen molar-refractivity contribution in [2.75, 3.05) is 6.61 Å². The number of esters is 1. The number of hydrogen-bond acceptors (Lipinski definition) is 5. The van der Waals surface area contributed by atoms with Crippen molar-refractivity contribution in [2.24, 2.45) is 0 Å². The van der Waals surface area contributed by atoms with Gasteiger partial charge in [-0.25, -0.2) is 0 Å². The molecule has 0 saturated carbocycles. The standard InChI is InChI=1S/C27H25BrN2O5/c1-18(32)35-23-14-8-13-21(16-23)24(28)25(30-26(33)20-11-6-3-7-12-20)27(34)29-22(17-31)15-19-9-4-2-5-10-19/h2-14,16,22,31H,15,17H2,1H3,(H,29,34)(H,30,33)/b25-24-/t22-/m0/s1. The highest BCUT2D eigenvalue weighted by Gasteiger charge is 2.22. The van der Waals surface area contributed by atoms with Gasteiger partial charge in [0.2, 0.25) is 0 Å². The van der Waals surface area contributed by atoms with Crippen LogP contribution in [0, 0.1) is 0 Å². The normalized spacial score (nSPS) is 12.2. The Hall–Kier alpha value is -3.75. The summed E-state index contributed by atoms with van der Waals surface area (Å²) in [6.45, 7) is 0.998. The lowest BCUT2D eigenvalue weighted by Gasteiger charge is -2.19. The number of amides is 2. The molecule has 2 amide bonds. The summed E-state index contributed by atoms with van der Waals surface area (Å²) in [4.78, 5) is 37.6. The third kappa shape index (κ3) is 7.63. The van der Waals surface area contributed by atoms with E-state index in [0.717, 1.165) is 5.56 Å². The van der Waals surface area contributed by atoms with Crippen LogP contribution in [0.25, 0.3) is 4.48 Å². The van der Waals surface area contributed by atoms with E-state index in [9.17, 15) is 19.5 Å². The fraction of sp³-hybridized carbons (Fsp3) is 0.148. The quantitative estimate of drug-likeness (QED) is 0.219. The molecule has 0 aliphatic heterocycles. The zero-order valence-electron chi connectivity index (χ0n) is 19.0. The van der Waals surface area contributed by atoms with Crippen LogP contribution in [0.15, 0.2) is 90.6 Å². The minimum atomic E-state index is -0.589. The molecule has 0 unspecified atom stereocenters. The molecule has 35 heavy (non-hydrogen) atoms. The Bertz CT molecular complexity index is 1210. The van der Waals surface area contributed by atoms with E-state index in [1.807, 2.05) is 30.3 Å². The van der Waals surface area contributed by atoms with E-state index in [1.54, 1.807) is 54.6 Å². The number of nitrogens with one attached hydrogen (secondary N) is 2. The topological polar surface area (TPSA) is 105 Å². The number of ether oxygens (including phenoxy) is 1. The van der Waals surface area contributed by atoms with Crippen LogP contribution in [0.3, 0.4) is 0 Å². The van der Waals surface area contributed by atoms with Gasteiger partial charge in [0, 0.05) is 12.5 Å². The van der Waals surface area contributed by atoms with Crippen LogP contribution in [0.2, 0.25) is 0 Å². The lowest BCUT2D eigenvalue weighted by atomic mass is 10.1. The predicted octanol–water partition coefficient (Wildman–Crippen LogP) is 3.83. The van der Waals surface area contributed by atoms with E-state index in [-0.39, 0.29) is 16.8 Å². The Balaban J connectivity index is 1.93. The summed E-state index contributed by atoms with van der Waals surface area (Å²) in [6, 6.07) is 23.9. The minimum Gasteiger partial charge on any atom is -0.427 e. The number of aliphatic hydroxyl groups is 1. The molecule has 1 atom stereocenters. The van der Waals surface area contributed by atoms with Crippen molar-refractivity contribution in [1.82, 2.24) is 10.6 Å². The first-order chi connectivity index (χ1) is 16.9. The number of halogens is 1. The molecular weight excluding hydrogens is 512 g/mol. The van der Waals surface area contributed by atoms with Gasteiger partial charge in [-0.15, -0.1) is 0 Å². The van der Waals surface area contributed by atoms with Crippen molar-refractivity contribution >= 4 is 38.2 Å². The van der Waals surface area contributed by atoms with Gasteiger partial charge >= 0.3 is 5.97 Å². The van der Waals surface area contributed by atoms with Crippen LogP contribution in [-0.2, 0) is 16.0 Å². The van der Waals surface area contributed by atoms with E-state index < -0.39 is 23.8 Å². The number of aliphatic hydroxyl groups excluding tert-OH is 1. The van der Waals surface area contributed by atoms with Crippen molar-refractivity contribution in [2.45, 2.75) is 19.4 Å². The summed E-state index contributed by atoms with van der Waals surface area (Å²) in [5, 5.41) is 15.3. The first-order valence-corrected chi connectivity index (χ1v) is 11.7. The van der Waals surface area contributed by atoms with Crippen molar-refractivity contribution < 1.29 is 24.2 Å². The van der Waals surface area contributed by atoms with Crippen molar-refractivity contribution in [3.8, 4) is 5.75 Å². The van der Waals surface area contributed by atoms with E-state index in [0.29, 0.717) is 23.3 Å². The maximum Gasteiger partial charge on any atom is 0.308 e. The van der Waals surface area contributed by atoms with Gasteiger partial charge in [-0.3, -0.25) is 14.4 Å². The molecule has 3 rings (SSSR count). The van der Waals surface area contributed by atoms with E-state index in [1.165, 1.54) is 6.92 Å². The highest BCUT2D eigenvalue weighted by atomic mass is 79.9. The second-order valence-electron chi connectivity index (χ2n) is 7.67. The maximum absolute atomic E-state index is 13.3. The third-order valence-electron chi connectivity index (χ3n) is 4.95. The molecule has 0 fully saturated rings. The molecule has 0 saturated heterocycles. The summed E-state index contributed by atoms with van der Waals surface area (Å²) in [5.41, 5.74) is 1.77. The fourth-order valence-corrected chi connectivity index (χ4v) is 3.84. The number of carbonyl (C=O) groups excluding carboxylic acids is 3. The highest BCUT2D eigenvalue weighted by molar-refractivity contribution is 9.15. The number of hydrogen-bond donors (Lipinski definition) is 3. The largest absolute Gasteiger partial charge is 0.427 e. The second kappa shape index (κ2) is 12.6. The molecule has 3 N–H and O–H groups in total. The molecule has 0 aliphatic rings. The fourth-order valence-electron chi connectivity index (χ4n) is 3.31. The molecule has 7 nitrogen and oxygen atoms in total. The van der Waals surface area contributed by atoms with E-state index in [4.69, 9.17) is 4.74 Å². The van der Waals surface area contributed by atoms with Gasteiger partial charge in [0.05, 0.1) is 17.1 Å². The Morgan fingerprint density at radius 3 is 2.17 bits per heavy atom. The molecule has 180 valence electrons. The summed E-state index contributed by atoms with van der Waals surface area (Å²) < 4.78 is 5.42. The van der Waals surface area contributed by atoms with Crippen LogP contribution in [0.1, 0.15) is 28.4 Å². The second-order valence-corrected chi connectivity index (χ2v) is 8.47. The first-order valence-electron chi connectivity index (χ1n) is 10.9. The lowest BCUT2D eigenvalue weighted by Crippen LogP contribution is -2.43. The van der Waals surface area contributed by atoms with Gasteiger partial charge in [0.1, 0.15) is 11.4 Å². The van der Waals surface area contributed by atoms with Crippen LogP contribution < -0.4 is 15.4 Å². The Labute approximate surface area is 212 Å². The summed E-state index contributed by atoms with van der Waals surface area (Å²) >= 11 is 3.43. The monoisotopic (exact) mass is 536 g/mol. The number of benzene rings is 3. The van der Waals surface area contributed by atoms with Crippen molar-refractivity contribution in [3.05, 3.63) is 107 Å². The molecule has 0 radical (unpaired) electrons. The predicted molar refractivity (Wildman–Crippen MR) is 137 cm³/mol. The molecule has 3 aromatic rings. The van der Waals surface area contributed by atoms with Gasteiger partial charge in [0.15, 0.2) is 0 Å². The van der Waals surface area contributed by atoms with E-state index in [2.05, 4.69) is 26.6 Å². The van der Waals surface area contributed by atoms with Gasteiger partial charge in [-0.2, -0.15) is 0 Å². The molecule has 0 spiro atoms. The molecule has 0 aromatic heterocycles. The number of carbonyl (C=O) groups is 3. The van der Waals surface area contributed by atoms with Gasteiger partial charge < -0.3 is 20.5 Å². The summed E-state index contributed by atoms with van der Waals surface area (Å²) in [5.74, 6) is -1.26. The smallest absolute Gasteiger partial charge is 0.308 e. The zero-order valence-corrected chi connectivity index (χ0v) is 20.6. The Kier molecular flexibility index (Phi) is 9.34. The summed E-state index contributed by atoms with van der Waals surface area (Å²) in [7, 11) is 0. The molecular formula is C27H25BrN2O5. The van der Waals surface area contributed by atoms with Gasteiger partial charge in [-0.1, -0.05) is 60.7 Å².